The Bertz CT molecular complexity index is 729. The molecule has 0 aliphatic carbocycles. The van der Waals surface area contributed by atoms with Crippen LogP contribution in [-0.2, 0) is 0 Å². The Labute approximate surface area is 139 Å². The second-order valence-electron chi connectivity index (χ2n) is 5.52. The van der Waals surface area contributed by atoms with Gasteiger partial charge in [-0.1, -0.05) is 18.2 Å². The van der Waals surface area contributed by atoms with E-state index in [-0.39, 0.29) is 18.0 Å². The van der Waals surface area contributed by atoms with Gasteiger partial charge in [-0.2, -0.15) is 0 Å². The molecule has 0 saturated heterocycles. The number of hydrogen-bond acceptors (Lipinski definition) is 3. The van der Waals surface area contributed by atoms with Crippen molar-refractivity contribution < 1.29 is 19.1 Å². The molecule has 0 spiro atoms. The summed E-state index contributed by atoms with van der Waals surface area (Å²) in [7, 11) is 3.29. The Morgan fingerprint density at radius 3 is 2.25 bits per heavy atom. The van der Waals surface area contributed by atoms with Crippen LogP contribution in [0.1, 0.15) is 32.4 Å². The van der Waals surface area contributed by atoms with Gasteiger partial charge in [0.1, 0.15) is 5.82 Å². The molecule has 2 aromatic rings. The number of aliphatic hydroxyl groups is 1. The summed E-state index contributed by atoms with van der Waals surface area (Å²) < 4.78 is 13.6. The molecule has 1 atom stereocenters. The Morgan fingerprint density at radius 2 is 1.67 bits per heavy atom. The summed E-state index contributed by atoms with van der Waals surface area (Å²) in [5.41, 5.74) is 0.957. The van der Waals surface area contributed by atoms with Crippen LogP contribution in [-0.4, -0.2) is 42.5 Å². The van der Waals surface area contributed by atoms with E-state index in [1.807, 2.05) is 0 Å². The zero-order chi connectivity index (χ0) is 17.7. The smallest absolute Gasteiger partial charge is 0.253 e. The first-order valence-electron chi connectivity index (χ1n) is 7.42. The van der Waals surface area contributed by atoms with E-state index in [2.05, 4.69) is 5.32 Å². The molecule has 0 radical (unpaired) electrons. The lowest BCUT2D eigenvalue weighted by atomic mass is 10.1. The number of carbonyl (C=O) groups excluding carboxylic acids is 2. The van der Waals surface area contributed by atoms with Crippen molar-refractivity contribution in [3.8, 4) is 0 Å². The summed E-state index contributed by atoms with van der Waals surface area (Å²) >= 11 is 0. The fourth-order valence-electron chi connectivity index (χ4n) is 2.17. The highest BCUT2D eigenvalue weighted by molar-refractivity contribution is 5.97. The quantitative estimate of drug-likeness (QED) is 0.881. The standard InChI is InChI=1S/C18H19FN2O3/c1-21(2)18(24)13-9-7-12(8-10-13)17(23)20-11-16(22)14-5-3-4-6-15(14)19/h3-10,16,22H,11H2,1-2H3,(H,20,23). The minimum absolute atomic E-state index is 0.113. The number of halogens is 1. The Morgan fingerprint density at radius 1 is 1.08 bits per heavy atom. The average molecular weight is 330 g/mol. The van der Waals surface area contributed by atoms with E-state index in [0.717, 1.165) is 0 Å². The lowest BCUT2D eigenvalue weighted by Gasteiger charge is -2.13. The number of amides is 2. The van der Waals surface area contributed by atoms with Gasteiger partial charge in [-0.05, 0) is 30.3 Å². The fourth-order valence-corrected chi connectivity index (χ4v) is 2.17. The number of nitrogens with one attached hydrogen (secondary N) is 1. The van der Waals surface area contributed by atoms with Crippen LogP contribution in [0, 0.1) is 5.82 Å². The monoisotopic (exact) mass is 330 g/mol. The van der Waals surface area contributed by atoms with Crippen LogP contribution >= 0.6 is 0 Å². The van der Waals surface area contributed by atoms with E-state index in [1.54, 1.807) is 32.3 Å². The van der Waals surface area contributed by atoms with Crippen molar-refractivity contribution >= 4 is 11.8 Å². The molecule has 126 valence electrons. The first-order chi connectivity index (χ1) is 11.4. The maximum atomic E-state index is 13.6. The molecule has 0 bridgehead atoms. The van der Waals surface area contributed by atoms with Crippen LogP contribution in [0.5, 0.6) is 0 Å². The first kappa shape index (κ1) is 17.6. The average Bonchev–Trinajstić information content (AvgIpc) is 2.59. The van der Waals surface area contributed by atoms with Crippen molar-refractivity contribution in [3.63, 3.8) is 0 Å². The molecule has 0 aliphatic rings. The summed E-state index contributed by atoms with van der Waals surface area (Å²) in [5.74, 6) is -1.09. The Kier molecular flexibility index (Phi) is 5.65. The lowest BCUT2D eigenvalue weighted by molar-refractivity contribution is 0.0826. The molecule has 2 rings (SSSR count). The maximum absolute atomic E-state index is 13.6. The van der Waals surface area contributed by atoms with E-state index in [9.17, 15) is 19.1 Å². The van der Waals surface area contributed by atoms with Gasteiger partial charge in [0.2, 0.25) is 0 Å². The van der Waals surface area contributed by atoms with E-state index in [4.69, 9.17) is 0 Å². The van der Waals surface area contributed by atoms with Crippen molar-refractivity contribution in [3.05, 3.63) is 71.0 Å². The molecule has 2 amide bonds. The number of benzene rings is 2. The molecule has 6 heteroatoms. The normalized spacial score (nSPS) is 11.7. The summed E-state index contributed by atoms with van der Waals surface area (Å²) in [6.45, 7) is -0.113. The predicted molar refractivity (Wildman–Crippen MR) is 88.2 cm³/mol. The van der Waals surface area contributed by atoms with Gasteiger partial charge in [0.25, 0.3) is 11.8 Å². The van der Waals surface area contributed by atoms with Crippen LogP contribution in [0.3, 0.4) is 0 Å². The van der Waals surface area contributed by atoms with E-state index in [0.29, 0.717) is 11.1 Å². The minimum Gasteiger partial charge on any atom is -0.386 e. The molecular weight excluding hydrogens is 311 g/mol. The van der Waals surface area contributed by atoms with Gasteiger partial charge >= 0.3 is 0 Å². The van der Waals surface area contributed by atoms with Crippen molar-refractivity contribution in [2.75, 3.05) is 20.6 Å². The second kappa shape index (κ2) is 7.70. The van der Waals surface area contributed by atoms with Gasteiger partial charge in [0, 0.05) is 37.3 Å². The Hall–Kier alpha value is -2.73. The summed E-state index contributed by atoms with van der Waals surface area (Å²) in [6.07, 6.45) is -1.13. The van der Waals surface area contributed by atoms with Crippen molar-refractivity contribution in [1.82, 2.24) is 10.2 Å². The molecule has 5 nitrogen and oxygen atoms in total. The highest BCUT2D eigenvalue weighted by Crippen LogP contribution is 2.16. The lowest BCUT2D eigenvalue weighted by Crippen LogP contribution is -2.28. The molecule has 0 saturated carbocycles. The van der Waals surface area contributed by atoms with Gasteiger partial charge in [-0.3, -0.25) is 9.59 Å². The van der Waals surface area contributed by atoms with Gasteiger partial charge in [-0.15, -0.1) is 0 Å². The molecule has 0 aromatic heterocycles. The van der Waals surface area contributed by atoms with Gasteiger partial charge in [0.05, 0.1) is 6.10 Å². The van der Waals surface area contributed by atoms with Crippen molar-refractivity contribution in [2.24, 2.45) is 0 Å². The van der Waals surface area contributed by atoms with Crippen molar-refractivity contribution in [1.29, 1.82) is 0 Å². The number of aliphatic hydroxyl groups excluding tert-OH is 1. The van der Waals surface area contributed by atoms with E-state index >= 15 is 0 Å². The van der Waals surface area contributed by atoms with Crippen LogP contribution < -0.4 is 5.32 Å². The molecular formula is C18H19FN2O3. The third-order valence-corrected chi connectivity index (χ3v) is 3.52. The predicted octanol–water partition coefficient (Wildman–Crippen LogP) is 1.99. The third-order valence-electron chi connectivity index (χ3n) is 3.52. The SMILES string of the molecule is CN(C)C(=O)c1ccc(C(=O)NCC(O)c2ccccc2F)cc1. The summed E-state index contributed by atoms with van der Waals surface area (Å²) in [5, 5.41) is 12.5. The number of hydrogen-bond donors (Lipinski definition) is 2. The van der Waals surface area contributed by atoms with Gasteiger partial charge < -0.3 is 15.3 Å². The first-order valence-corrected chi connectivity index (χ1v) is 7.42. The molecule has 0 heterocycles. The zero-order valence-electron chi connectivity index (χ0n) is 13.5. The highest BCUT2D eigenvalue weighted by atomic mass is 19.1. The van der Waals surface area contributed by atoms with Crippen molar-refractivity contribution in [2.45, 2.75) is 6.10 Å². The summed E-state index contributed by atoms with van der Waals surface area (Å²) in [6, 6.07) is 12.0. The zero-order valence-corrected chi connectivity index (χ0v) is 13.5. The fraction of sp³-hybridized carbons (Fsp3) is 0.222. The van der Waals surface area contributed by atoms with Crippen LogP contribution in [0.25, 0.3) is 0 Å². The number of carbonyl (C=O) groups is 2. The topological polar surface area (TPSA) is 69.6 Å². The molecule has 24 heavy (non-hydrogen) atoms. The maximum Gasteiger partial charge on any atom is 0.253 e. The molecule has 2 aromatic carbocycles. The molecule has 1 unspecified atom stereocenters. The summed E-state index contributed by atoms with van der Waals surface area (Å²) in [4.78, 5) is 25.3. The largest absolute Gasteiger partial charge is 0.386 e. The molecule has 2 N–H and O–H groups in total. The van der Waals surface area contributed by atoms with Gasteiger partial charge in [-0.25, -0.2) is 4.39 Å². The van der Waals surface area contributed by atoms with Crippen LogP contribution in [0.15, 0.2) is 48.5 Å². The minimum atomic E-state index is -1.13. The third kappa shape index (κ3) is 4.17. The highest BCUT2D eigenvalue weighted by Gasteiger charge is 2.15. The van der Waals surface area contributed by atoms with Crippen LogP contribution in [0.2, 0.25) is 0 Å². The van der Waals surface area contributed by atoms with Crippen LogP contribution in [0.4, 0.5) is 4.39 Å². The van der Waals surface area contributed by atoms with E-state index < -0.39 is 17.8 Å². The van der Waals surface area contributed by atoms with E-state index in [1.165, 1.54) is 35.2 Å². The Balaban J connectivity index is 1.98. The molecule has 0 aliphatic heterocycles. The second-order valence-corrected chi connectivity index (χ2v) is 5.52. The molecule has 0 fully saturated rings. The number of nitrogens with zero attached hydrogens (tertiary/aromatic N) is 1. The van der Waals surface area contributed by atoms with Gasteiger partial charge in [0.15, 0.2) is 0 Å². The number of rotatable bonds is 5.